The standard InChI is InChI=1S/C12H17Cl2N/c1-3-5-8(2)12(15)11-9(13)6-4-7-10(11)14/h4,6-8,12H,3,5,15H2,1-2H3. The molecule has 0 aliphatic heterocycles. The SMILES string of the molecule is CCCC(C)C(N)c1c(Cl)cccc1Cl. The van der Waals surface area contributed by atoms with Gasteiger partial charge in [-0.15, -0.1) is 0 Å². The summed E-state index contributed by atoms with van der Waals surface area (Å²) < 4.78 is 0. The predicted molar refractivity (Wildman–Crippen MR) is 67.5 cm³/mol. The van der Waals surface area contributed by atoms with Gasteiger partial charge in [0.05, 0.1) is 0 Å². The zero-order valence-electron chi connectivity index (χ0n) is 9.13. The number of hydrogen-bond acceptors (Lipinski definition) is 1. The fourth-order valence-electron chi connectivity index (χ4n) is 1.75. The minimum Gasteiger partial charge on any atom is -0.324 e. The first-order chi connectivity index (χ1) is 7.07. The molecule has 0 radical (unpaired) electrons. The lowest BCUT2D eigenvalue weighted by atomic mass is 9.92. The van der Waals surface area contributed by atoms with Crippen molar-refractivity contribution in [3.63, 3.8) is 0 Å². The van der Waals surface area contributed by atoms with Crippen molar-refractivity contribution >= 4 is 23.2 Å². The molecule has 0 bridgehead atoms. The second kappa shape index (κ2) is 5.74. The van der Waals surface area contributed by atoms with Crippen molar-refractivity contribution in [3.8, 4) is 0 Å². The van der Waals surface area contributed by atoms with E-state index in [1.165, 1.54) is 0 Å². The summed E-state index contributed by atoms with van der Waals surface area (Å²) in [5.41, 5.74) is 7.03. The first-order valence-corrected chi connectivity index (χ1v) is 6.03. The first kappa shape index (κ1) is 12.8. The molecule has 0 aliphatic carbocycles. The molecular formula is C12H17Cl2N. The van der Waals surface area contributed by atoms with E-state index in [4.69, 9.17) is 28.9 Å². The van der Waals surface area contributed by atoms with E-state index in [1.54, 1.807) is 0 Å². The average molecular weight is 246 g/mol. The monoisotopic (exact) mass is 245 g/mol. The van der Waals surface area contributed by atoms with Gasteiger partial charge in [-0.05, 0) is 24.5 Å². The van der Waals surface area contributed by atoms with Gasteiger partial charge in [0.1, 0.15) is 0 Å². The van der Waals surface area contributed by atoms with Gasteiger partial charge < -0.3 is 5.73 Å². The number of benzene rings is 1. The minimum atomic E-state index is -0.0776. The van der Waals surface area contributed by atoms with Gasteiger partial charge in [0.2, 0.25) is 0 Å². The van der Waals surface area contributed by atoms with Crippen LogP contribution in [0.3, 0.4) is 0 Å². The van der Waals surface area contributed by atoms with E-state index in [0.29, 0.717) is 16.0 Å². The summed E-state index contributed by atoms with van der Waals surface area (Å²) in [6, 6.07) is 5.43. The van der Waals surface area contributed by atoms with Gasteiger partial charge in [0.15, 0.2) is 0 Å². The highest BCUT2D eigenvalue weighted by Gasteiger charge is 2.19. The van der Waals surface area contributed by atoms with Crippen LogP contribution in [0.5, 0.6) is 0 Å². The molecule has 0 aliphatic rings. The van der Waals surface area contributed by atoms with Gasteiger partial charge in [-0.3, -0.25) is 0 Å². The van der Waals surface area contributed by atoms with Gasteiger partial charge in [0, 0.05) is 21.7 Å². The van der Waals surface area contributed by atoms with Crippen molar-refractivity contribution in [1.82, 2.24) is 0 Å². The summed E-state index contributed by atoms with van der Waals surface area (Å²) in [4.78, 5) is 0. The van der Waals surface area contributed by atoms with E-state index < -0.39 is 0 Å². The van der Waals surface area contributed by atoms with Crippen molar-refractivity contribution in [2.24, 2.45) is 11.7 Å². The van der Waals surface area contributed by atoms with Gasteiger partial charge in [0.25, 0.3) is 0 Å². The predicted octanol–water partition coefficient (Wildman–Crippen LogP) is 4.43. The third-order valence-electron chi connectivity index (χ3n) is 2.69. The molecule has 1 aromatic rings. The lowest BCUT2D eigenvalue weighted by Crippen LogP contribution is -2.19. The normalized spacial score (nSPS) is 15.0. The van der Waals surface area contributed by atoms with E-state index >= 15 is 0 Å². The molecule has 1 nitrogen and oxygen atoms in total. The smallest absolute Gasteiger partial charge is 0.0468 e. The number of halogens is 2. The Hall–Kier alpha value is -0.240. The summed E-state index contributed by atoms with van der Waals surface area (Å²) in [6.07, 6.45) is 2.21. The summed E-state index contributed by atoms with van der Waals surface area (Å²) in [5, 5.41) is 1.33. The van der Waals surface area contributed by atoms with E-state index in [0.717, 1.165) is 18.4 Å². The van der Waals surface area contributed by atoms with Crippen molar-refractivity contribution in [1.29, 1.82) is 0 Å². The highest BCUT2D eigenvalue weighted by molar-refractivity contribution is 6.36. The van der Waals surface area contributed by atoms with Crippen LogP contribution in [0.25, 0.3) is 0 Å². The van der Waals surface area contributed by atoms with Crippen LogP contribution < -0.4 is 5.73 Å². The Morgan fingerprint density at radius 1 is 1.27 bits per heavy atom. The molecule has 0 aromatic heterocycles. The van der Waals surface area contributed by atoms with Crippen LogP contribution >= 0.6 is 23.2 Å². The van der Waals surface area contributed by atoms with Gasteiger partial charge in [-0.2, -0.15) is 0 Å². The van der Waals surface area contributed by atoms with Crippen molar-refractivity contribution < 1.29 is 0 Å². The topological polar surface area (TPSA) is 26.0 Å². The van der Waals surface area contributed by atoms with Crippen LogP contribution in [0, 0.1) is 5.92 Å². The van der Waals surface area contributed by atoms with E-state index in [1.807, 2.05) is 18.2 Å². The Balaban J connectivity index is 2.94. The highest BCUT2D eigenvalue weighted by atomic mass is 35.5. The molecular weight excluding hydrogens is 229 g/mol. The highest BCUT2D eigenvalue weighted by Crippen LogP contribution is 2.33. The molecule has 1 aromatic carbocycles. The van der Waals surface area contributed by atoms with Gasteiger partial charge >= 0.3 is 0 Å². The molecule has 1 rings (SSSR count). The maximum atomic E-state index is 6.16. The fraction of sp³-hybridized carbons (Fsp3) is 0.500. The Labute approximate surface area is 102 Å². The van der Waals surface area contributed by atoms with Crippen LogP contribution in [0.1, 0.15) is 38.3 Å². The molecule has 2 N–H and O–H groups in total. The quantitative estimate of drug-likeness (QED) is 0.835. The van der Waals surface area contributed by atoms with Crippen molar-refractivity contribution in [3.05, 3.63) is 33.8 Å². The Morgan fingerprint density at radius 2 is 1.80 bits per heavy atom. The van der Waals surface area contributed by atoms with E-state index in [9.17, 15) is 0 Å². The molecule has 3 heteroatoms. The zero-order valence-corrected chi connectivity index (χ0v) is 10.6. The maximum absolute atomic E-state index is 6.16. The van der Waals surface area contributed by atoms with Crippen LogP contribution in [0.4, 0.5) is 0 Å². The summed E-state index contributed by atoms with van der Waals surface area (Å²) in [7, 11) is 0. The molecule has 0 amide bonds. The van der Waals surface area contributed by atoms with Crippen LogP contribution in [-0.2, 0) is 0 Å². The summed E-state index contributed by atoms with van der Waals surface area (Å²) in [5.74, 6) is 0.396. The minimum absolute atomic E-state index is 0.0776. The molecule has 0 heterocycles. The lowest BCUT2D eigenvalue weighted by Gasteiger charge is -2.21. The molecule has 0 spiro atoms. The van der Waals surface area contributed by atoms with Gasteiger partial charge in [-0.25, -0.2) is 0 Å². The average Bonchev–Trinajstić information content (AvgIpc) is 2.17. The Morgan fingerprint density at radius 3 is 2.27 bits per heavy atom. The maximum Gasteiger partial charge on any atom is 0.0468 e. The Bertz CT molecular complexity index is 305. The molecule has 0 saturated heterocycles. The van der Waals surface area contributed by atoms with Crippen LogP contribution in [0.2, 0.25) is 10.0 Å². The van der Waals surface area contributed by atoms with Crippen molar-refractivity contribution in [2.45, 2.75) is 32.7 Å². The summed E-state index contributed by atoms with van der Waals surface area (Å²) in [6.45, 7) is 4.28. The van der Waals surface area contributed by atoms with Crippen molar-refractivity contribution in [2.75, 3.05) is 0 Å². The fourth-order valence-corrected chi connectivity index (χ4v) is 2.40. The zero-order chi connectivity index (χ0) is 11.4. The third-order valence-corrected chi connectivity index (χ3v) is 3.35. The van der Waals surface area contributed by atoms with E-state index in [-0.39, 0.29) is 6.04 Å². The Kier molecular flexibility index (Phi) is 4.91. The number of rotatable bonds is 4. The van der Waals surface area contributed by atoms with Crippen LogP contribution in [0.15, 0.2) is 18.2 Å². The second-order valence-electron chi connectivity index (χ2n) is 3.93. The molecule has 2 atom stereocenters. The molecule has 0 saturated carbocycles. The molecule has 15 heavy (non-hydrogen) atoms. The lowest BCUT2D eigenvalue weighted by molar-refractivity contribution is 0.434. The molecule has 84 valence electrons. The van der Waals surface area contributed by atoms with Crippen LogP contribution in [-0.4, -0.2) is 0 Å². The number of nitrogens with two attached hydrogens (primary N) is 1. The number of hydrogen-bond donors (Lipinski definition) is 1. The van der Waals surface area contributed by atoms with E-state index in [2.05, 4.69) is 13.8 Å². The largest absolute Gasteiger partial charge is 0.324 e. The second-order valence-corrected chi connectivity index (χ2v) is 4.74. The first-order valence-electron chi connectivity index (χ1n) is 5.27. The third kappa shape index (κ3) is 3.10. The summed E-state index contributed by atoms with van der Waals surface area (Å²) >= 11 is 12.2. The molecule has 0 fully saturated rings. The van der Waals surface area contributed by atoms with Gasteiger partial charge in [-0.1, -0.05) is 49.5 Å². The molecule has 2 unspecified atom stereocenters.